The SMILES string of the molecule is CNC(c1ccc(Cl)s1)C1(c2ccccc2)CCCC1. The molecule has 1 heterocycles. The third kappa shape index (κ3) is 2.41. The molecule has 106 valence electrons. The Morgan fingerprint density at radius 2 is 1.80 bits per heavy atom. The van der Waals surface area contributed by atoms with E-state index in [0.29, 0.717) is 6.04 Å². The second-order valence-electron chi connectivity index (χ2n) is 5.59. The highest BCUT2D eigenvalue weighted by molar-refractivity contribution is 7.16. The molecule has 1 fully saturated rings. The zero-order valence-electron chi connectivity index (χ0n) is 11.7. The summed E-state index contributed by atoms with van der Waals surface area (Å²) in [6, 6.07) is 15.5. The van der Waals surface area contributed by atoms with Crippen LogP contribution >= 0.6 is 22.9 Å². The summed E-state index contributed by atoms with van der Waals surface area (Å²) in [4.78, 5) is 1.35. The molecule has 1 N–H and O–H groups in total. The van der Waals surface area contributed by atoms with Crippen LogP contribution in [0.5, 0.6) is 0 Å². The van der Waals surface area contributed by atoms with E-state index in [1.165, 1.54) is 36.1 Å². The minimum Gasteiger partial charge on any atom is -0.312 e. The molecule has 0 spiro atoms. The van der Waals surface area contributed by atoms with Gasteiger partial charge in [0.1, 0.15) is 0 Å². The van der Waals surface area contributed by atoms with Gasteiger partial charge in [-0.05, 0) is 37.6 Å². The van der Waals surface area contributed by atoms with E-state index in [-0.39, 0.29) is 5.41 Å². The van der Waals surface area contributed by atoms with Crippen molar-refractivity contribution in [2.45, 2.75) is 37.1 Å². The fourth-order valence-corrected chi connectivity index (χ4v) is 4.98. The summed E-state index contributed by atoms with van der Waals surface area (Å²) in [5.74, 6) is 0. The van der Waals surface area contributed by atoms with E-state index in [2.05, 4.69) is 48.8 Å². The summed E-state index contributed by atoms with van der Waals surface area (Å²) in [6.45, 7) is 0. The Hall–Kier alpha value is -0.830. The molecule has 1 saturated carbocycles. The van der Waals surface area contributed by atoms with Crippen LogP contribution in [0.25, 0.3) is 0 Å². The zero-order chi connectivity index (χ0) is 14.0. The number of nitrogens with one attached hydrogen (secondary N) is 1. The summed E-state index contributed by atoms with van der Waals surface area (Å²) in [6.07, 6.45) is 5.12. The lowest BCUT2D eigenvalue weighted by molar-refractivity contribution is 0.320. The van der Waals surface area contributed by atoms with Gasteiger partial charge < -0.3 is 5.32 Å². The summed E-state index contributed by atoms with van der Waals surface area (Å²) in [7, 11) is 2.07. The highest BCUT2D eigenvalue weighted by Gasteiger charge is 2.43. The molecule has 0 amide bonds. The molecule has 1 aromatic heterocycles. The van der Waals surface area contributed by atoms with Crippen LogP contribution in [0.2, 0.25) is 4.34 Å². The van der Waals surface area contributed by atoms with Crippen LogP contribution in [0.15, 0.2) is 42.5 Å². The predicted octanol–water partition coefficient (Wildman–Crippen LogP) is 5.17. The Balaban J connectivity index is 2.05. The molecule has 3 rings (SSSR count). The van der Waals surface area contributed by atoms with Crippen molar-refractivity contribution in [3.8, 4) is 0 Å². The van der Waals surface area contributed by atoms with Gasteiger partial charge in [0.05, 0.1) is 10.4 Å². The number of halogens is 1. The molecule has 3 heteroatoms. The fourth-order valence-electron chi connectivity index (χ4n) is 3.69. The molecular weight excluding hydrogens is 286 g/mol. The summed E-state index contributed by atoms with van der Waals surface area (Å²) in [5, 5.41) is 3.56. The van der Waals surface area contributed by atoms with Gasteiger partial charge in [-0.3, -0.25) is 0 Å². The second-order valence-corrected chi connectivity index (χ2v) is 7.34. The highest BCUT2D eigenvalue weighted by Crippen LogP contribution is 2.50. The van der Waals surface area contributed by atoms with E-state index in [4.69, 9.17) is 11.6 Å². The van der Waals surface area contributed by atoms with Gasteiger partial charge in [0.2, 0.25) is 0 Å². The Labute approximate surface area is 130 Å². The molecule has 1 atom stereocenters. The van der Waals surface area contributed by atoms with Crippen molar-refractivity contribution in [2.24, 2.45) is 0 Å². The van der Waals surface area contributed by atoms with Crippen molar-refractivity contribution < 1.29 is 0 Å². The van der Waals surface area contributed by atoms with Gasteiger partial charge in [0.15, 0.2) is 0 Å². The van der Waals surface area contributed by atoms with Crippen molar-refractivity contribution >= 4 is 22.9 Å². The Kier molecular flexibility index (Phi) is 4.16. The lowest BCUT2D eigenvalue weighted by Crippen LogP contribution is -2.37. The highest BCUT2D eigenvalue weighted by atomic mass is 35.5. The predicted molar refractivity (Wildman–Crippen MR) is 87.7 cm³/mol. The van der Waals surface area contributed by atoms with E-state index in [1.807, 2.05) is 6.07 Å². The lowest BCUT2D eigenvalue weighted by Gasteiger charge is -2.37. The quantitative estimate of drug-likeness (QED) is 0.821. The maximum atomic E-state index is 6.15. The molecule has 1 unspecified atom stereocenters. The van der Waals surface area contributed by atoms with Crippen LogP contribution in [0, 0.1) is 0 Å². The van der Waals surface area contributed by atoms with Crippen LogP contribution in [-0.2, 0) is 5.41 Å². The van der Waals surface area contributed by atoms with Gasteiger partial charge in [0, 0.05) is 10.3 Å². The van der Waals surface area contributed by atoms with E-state index < -0.39 is 0 Å². The topological polar surface area (TPSA) is 12.0 Å². The van der Waals surface area contributed by atoms with Crippen LogP contribution in [0.4, 0.5) is 0 Å². The van der Waals surface area contributed by atoms with Crippen molar-refractivity contribution in [1.29, 1.82) is 0 Å². The standard InChI is InChI=1S/C17H20ClNS/c1-19-16(14-9-10-15(18)20-14)17(11-5-6-12-17)13-7-3-2-4-8-13/h2-4,7-10,16,19H,5-6,11-12H2,1H3. The average molecular weight is 306 g/mol. The molecule has 0 radical (unpaired) electrons. The molecule has 2 aromatic rings. The Bertz CT molecular complexity index is 557. The molecule has 0 bridgehead atoms. The summed E-state index contributed by atoms with van der Waals surface area (Å²) < 4.78 is 0.876. The van der Waals surface area contributed by atoms with Gasteiger partial charge in [-0.25, -0.2) is 0 Å². The minimum atomic E-state index is 0.212. The number of hydrogen-bond donors (Lipinski definition) is 1. The van der Waals surface area contributed by atoms with Gasteiger partial charge in [-0.1, -0.05) is 54.8 Å². The minimum absolute atomic E-state index is 0.212. The summed E-state index contributed by atoms with van der Waals surface area (Å²) in [5.41, 5.74) is 1.67. The van der Waals surface area contributed by atoms with Crippen molar-refractivity contribution in [3.05, 3.63) is 57.2 Å². The summed E-state index contributed by atoms with van der Waals surface area (Å²) >= 11 is 7.85. The molecule has 1 aromatic carbocycles. The van der Waals surface area contributed by atoms with Gasteiger partial charge in [0.25, 0.3) is 0 Å². The molecule has 1 nitrogen and oxygen atoms in total. The Morgan fingerprint density at radius 1 is 1.10 bits per heavy atom. The normalized spacial score (nSPS) is 19.1. The molecular formula is C17H20ClNS. The van der Waals surface area contributed by atoms with E-state index in [0.717, 1.165) is 4.34 Å². The molecule has 0 saturated heterocycles. The van der Waals surface area contributed by atoms with Crippen molar-refractivity contribution in [3.63, 3.8) is 0 Å². The first-order valence-electron chi connectivity index (χ1n) is 7.24. The van der Waals surface area contributed by atoms with Crippen LogP contribution in [0.3, 0.4) is 0 Å². The first-order chi connectivity index (χ1) is 9.76. The monoisotopic (exact) mass is 305 g/mol. The first-order valence-corrected chi connectivity index (χ1v) is 8.44. The van der Waals surface area contributed by atoms with Crippen molar-refractivity contribution in [1.82, 2.24) is 5.32 Å². The van der Waals surface area contributed by atoms with Gasteiger partial charge in [-0.2, -0.15) is 0 Å². The van der Waals surface area contributed by atoms with Gasteiger partial charge >= 0.3 is 0 Å². The number of rotatable bonds is 4. The molecule has 20 heavy (non-hydrogen) atoms. The number of hydrogen-bond acceptors (Lipinski definition) is 2. The maximum absolute atomic E-state index is 6.15. The van der Waals surface area contributed by atoms with E-state index in [9.17, 15) is 0 Å². The average Bonchev–Trinajstić information content (AvgIpc) is 3.12. The largest absolute Gasteiger partial charge is 0.312 e. The van der Waals surface area contributed by atoms with Crippen LogP contribution < -0.4 is 5.32 Å². The molecule has 0 aliphatic heterocycles. The third-order valence-corrected chi connectivity index (χ3v) is 5.86. The first kappa shape index (κ1) is 14.1. The van der Waals surface area contributed by atoms with Crippen LogP contribution in [0.1, 0.15) is 42.2 Å². The van der Waals surface area contributed by atoms with Crippen LogP contribution in [-0.4, -0.2) is 7.05 Å². The third-order valence-electron chi connectivity index (χ3n) is 4.56. The van der Waals surface area contributed by atoms with E-state index in [1.54, 1.807) is 11.3 Å². The smallest absolute Gasteiger partial charge is 0.0931 e. The Morgan fingerprint density at radius 3 is 2.35 bits per heavy atom. The number of thiophene rings is 1. The molecule has 1 aliphatic carbocycles. The van der Waals surface area contributed by atoms with Crippen molar-refractivity contribution in [2.75, 3.05) is 7.05 Å². The number of benzene rings is 1. The lowest BCUT2D eigenvalue weighted by atomic mass is 9.72. The fraction of sp³-hybridized carbons (Fsp3) is 0.412. The number of likely N-dealkylation sites (N-methyl/N-ethyl adjacent to an activating group) is 1. The maximum Gasteiger partial charge on any atom is 0.0931 e. The molecule has 1 aliphatic rings. The van der Waals surface area contributed by atoms with Gasteiger partial charge in [-0.15, -0.1) is 11.3 Å². The van der Waals surface area contributed by atoms with E-state index >= 15 is 0 Å². The second kappa shape index (κ2) is 5.88. The zero-order valence-corrected chi connectivity index (χ0v) is 13.3.